The fourth-order valence-corrected chi connectivity index (χ4v) is 1.03. The second kappa shape index (κ2) is 3.04. The van der Waals surface area contributed by atoms with Gasteiger partial charge in [-0.1, -0.05) is 0 Å². The average Bonchev–Trinajstić information content (AvgIpc) is 1.97. The summed E-state index contributed by atoms with van der Waals surface area (Å²) in [5.74, 6) is 0. The van der Waals surface area contributed by atoms with Crippen molar-refractivity contribution in [1.82, 2.24) is 0 Å². The van der Waals surface area contributed by atoms with Crippen molar-refractivity contribution in [2.75, 3.05) is 0 Å². The highest BCUT2D eigenvalue weighted by molar-refractivity contribution is 4.86. The zero-order valence-electron chi connectivity index (χ0n) is 6.08. The molecule has 0 bridgehead atoms. The van der Waals surface area contributed by atoms with Gasteiger partial charge in [-0.25, -0.2) is 0 Å². The van der Waals surface area contributed by atoms with Gasteiger partial charge in [0, 0.05) is 0 Å². The fraction of sp³-hybridized carbons (Fsp3) is 1.00. The Bertz CT molecular complexity index is 125. The van der Waals surface area contributed by atoms with Gasteiger partial charge in [-0.05, 0) is 6.92 Å². The molecule has 0 aromatic carbocycles. The van der Waals surface area contributed by atoms with Gasteiger partial charge in [0.15, 0.2) is 6.29 Å². The first kappa shape index (κ1) is 8.89. The van der Waals surface area contributed by atoms with E-state index in [-0.39, 0.29) is 0 Å². The van der Waals surface area contributed by atoms with E-state index in [0.29, 0.717) is 0 Å². The second-order valence-electron chi connectivity index (χ2n) is 2.70. The van der Waals surface area contributed by atoms with E-state index in [9.17, 15) is 0 Å². The Morgan fingerprint density at radius 1 is 0.909 bits per heavy atom. The smallest absolute Gasteiger partial charge is 0.183 e. The maximum atomic E-state index is 9.09. The van der Waals surface area contributed by atoms with Crippen LogP contribution >= 0.6 is 0 Å². The van der Waals surface area contributed by atoms with E-state index < -0.39 is 30.7 Å². The molecule has 0 aromatic heterocycles. The number of hydrogen-bond donors (Lipinski definition) is 4. The molecular formula is C6H12O5. The first-order chi connectivity index (χ1) is 5.04. The molecule has 0 saturated carbocycles. The number of aliphatic hydroxyl groups excluding tert-OH is 4. The summed E-state index contributed by atoms with van der Waals surface area (Å²) < 4.78 is 4.68. The minimum atomic E-state index is -1.43. The highest BCUT2D eigenvalue weighted by Crippen LogP contribution is 2.18. The topological polar surface area (TPSA) is 90.2 Å². The Hall–Kier alpha value is -0.200. The molecule has 1 fully saturated rings. The summed E-state index contributed by atoms with van der Waals surface area (Å²) in [4.78, 5) is 0. The van der Waals surface area contributed by atoms with E-state index in [1.54, 1.807) is 0 Å². The second-order valence-corrected chi connectivity index (χ2v) is 2.70. The molecule has 0 amide bonds. The fourth-order valence-electron chi connectivity index (χ4n) is 1.03. The monoisotopic (exact) mass is 164 g/mol. The van der Waals surface area contributed by atoms with Crippen molar-refractivity contribution in [1.29, 1.82) is 0 Å². The average molecular weight is 164 g/mol. The van der Waals surface area contributed by atoms with Gasteiger partial charge in [0.25, 0.3) is 0 Å². The van der Waals surface area contributed by atoms with E-state index in [1.807, 2.05) is 0 Å². The van der Waals surface area contributed by atoms with Crippen LogP contribution in [0.5, 0.6) is 0 Å². The third-order valence-corrected chi connectivity index (χ3v) is 1.83. The van der Waals surface area contributed by atoms with Crippen LogP contribution in [0.15, 0.2) is 0 Å². The summed E-state index contributed by atoms with van der Waals surface area (Å²) in [7, 11) is 0. The Kier molecular flexibility index (Phi) is 2.46. The number of ether oxygens (including phenoxy) is 1. The van der Waals surface area contributed by atoms with Crippen molar-refractivity contribution in [3.8, 4) is 0 Å². The quantitative estimate of drug-likeness (QED) is 0.326. The van der Waals surface area contributed by atoms with Crippen LogP contribution in [0.25, 0.3) is 0 Å². The van der Waals surface area contributed by atoms with Gasteiger partial charge in [0.05, 0.1) is 6.10 Å². The van der Waals surface area contributed by atoms with Crippen LogP contribution in [0, 0.1) is 0 Å². The van der Waals surface area contributed by atoms with Crippen LogP contribution in [-0.2, 0) is 4.74 Å². The molecule has 0 aliphatic carbocycles. The third kappa shape index (κ3) is 1.52. The van der Waals surface area contributed by atoms with Gasteiger partial charge in [0.2, 0.25) is 0 Å². The molecule has 5 atom stereocenters. The number of rotatable bonds is 0. The van der Waals surface area contributed by atoms with Crippen LogP contribution < -0.4 is 0 Å². The maximum Gasteiger partial charge on any atom is 0.183 e. The Balaban J connectivity index is 2.63. The lowest BCUT2D eigenvalue weighted by Gasteiger charge is -2.36. The van der Waals surface area contributed by atoms with Crippen molar-refractivity contribution in [2.45, 2.75) is 37.6 Å². The lowest BCUT2D eigenvalue weighted by Crippen LogP contribution is -2.56. The molecule has 66 valence electrons. The largest absolute Gasteiger partial charge is 0.388 e. The first-order valence-electron chi connectivity index (χ1n) is 3.41. The Labute approximate surface area is 63.8 Å². The predicted molar refractivity (Wildman–Crippen MR) is 34.6 cm³/mol. The number of aliphatic hydroxyl groups is 4. The SMILES string of the molecule is CC1O[C@@H](O)[C@@H](O)C(O)C1O. The van der Waals surface area contributed by atoms with E-state index in [0.717, 1.165) is 0 Å². The van der Waals surface area contributed by atoms with E-state index >= 15 is 0 Å². The summed E-state index contributed by atoms with van der Waals surface area (Å²) in [6, 6.07) is 0. The molecule has 5 heteroatoms. The molecular weight excluding hydrogens is 152 g/mol. The van der Waals surface area contributed by atoms with Gasteiger partial charge in [-0.15, -0.1) is 0 Å². The summed E-state index contributed by atoms with van der Waals surface area (Å²) >= 11 is 0. The van der Waals surface area contributed by atoms with Crippen LogP contribution in [0.2, 0.25) is 0 Å². The molecule has 4 N–H and O–H groups in total. The van der Waals surface area contributed by atoms with Crippen LogP contribution in [0.3, 0.4) is 0 Å². The molecule has 0 spiro atoms. The molecule has 1 aliphatic rings. The van der Waals surface area contributed by atoms with Crippen LogP contribution in [0.4, 0.5) is 0 Å². The molecule has 1 rings (SSSR count). The summed E-state index contributed by atoms with van der Waals surface area (Å²) in [5, 5.41) is 36.0. The van der Waals surface area contributed by atoms with Gasteiger partial charge in [0.1, 0.15) is 18.3 Å². The summed E-state index contributed by atoms with van der Waals surface area (Å²) in [6.07, 6.45) is -5.99. The highest BCUT2D eigenvalue weighted by atomic mass is 16.6. The van der Waals surface area contributed by atoms with E-state index in [4.69, 9.17) is 20.4 Å². The molecule has 1 heterocycles. The summed E-state index contributed by atoms with van der Waals surface area (Å²) in [5.41, 5.74) is 0. The first-order valence-corrected chi connectivity index (χ1v) is 3.41. The normalized spacial score (nSPS) is 52.6. The minimum Gasteiger partial charge on any atom is -0.388 e. The van der Waals surface area contributed by atoms with Crippen molar-refractivity contribution < 1.29 is 25.2 Å². The molecule has 1 aliphatic heterocycles. The predicted octanol–water partition coefficient (Wildman–Crippen LogP) is -2.19. The lowest BCUT2D eigenvalue weighted by atomic mass is 10.0. The summed E-state index contributed by atoms with van der Waals surface area (Å²) in [6.45, 7) is 1.50. The van der Waals surface area contributed by atoms with Gasteiger partial charge < -0.3 is 25.2 Å². The molecule has 5 nitrogen and oxygen atoms in total. The minimum absolute atomic E-state index is 0.664. The maximum absolute atomic E-state index is 9.09. The van der Waals surface area contributed by atoms with Gasteiger partial charge in [-0.2, -0.15) is 0 Å². The zero-order valence-corrected chi connectivity index (χ0v) is 6.08. The standard InChI is InChI=1S/C6H12O5/c1-2-3(7)4(8)5(9)6(10)11-2/h2-10H,1H3/t2?,3?,4?,5-,6+/m0/s1. The Morgan fingerprint density at radius 3 is 2.00 bits per heavy atom. The van der Waals surface area contributed by atoms with Crippen molar-refractivity contribution in [3.63, 3.8) is 0 Å². The number of hydrogen-bond acceptors (Lipinski definition) is 5. The zero-order chi connectivity index (χ0) is 8.59. The third-order valence-electron chi connectivity index (χ3n) is 1.83. The molecule has 0 radical (unpaired) electrons. The highest BCUT2D eigenvalue weighted by Gasteiger charge is 2.40. The van der Waals surface area contributed by atoms with E-state index in [1.165, 1.54) is 6.92 Å². The molecule has 3 unspecified atom stereocenters. The van der Waals surface area contributed by atoms with Crippen molar-refractivity contribution in [2.24, 2.45) is 0 Å². The molecule has 1 saturated heterocycles. The molecule has 0 aromatic rings. The van der Waals surface area contributed by atoms with Crippen LogP contribution in [-0.4, -0.2) is 51.1 Å². The van der Waals surface area contributed by atoms with E-state index in [2.05, 4.69) is 4.74 Å². The van der Waals surface area contributed by atoms with Gasteiger partial charge >= 0.3 is 0 Å². The molecule has 11 heavy (non-hydrogen) atoms. The Morgan fingerprint density at radius 2 is 1.45 bits per heavy atom. The van der Waals surface area contributed by atoms with Crippen molar-refractivity contribution >= 4 is 0 Å². The van der Waals surface area contributed by atoms with Crippen molar-refractivity contribution in [3.05, 3.63) is 0 Å². The lowest BCUT2D eigenvalue weighted by molar-refractivity contribution is -0.277. The van der Waals surface area contributed by atoms with Crippen LogP contribution in [0.1, 0.15) is 6.92 Å². The van der Waals surface area contributed by atoms with Gasteiger partial charge in [-0.3, -0.25) is 0 Å².